The number of hydrogen-bond donors (Lipinski definition) is 2. The number of amides is 1. The van der Waals surface area contributed by atoms with E-state index in [1.165, 1.54) is 0 Å². The molecule has 0 radical (unpaired) electrons. The van der Waals surface area contributed by atoms with Crippen LogP contribution in [0.5, 0.6) is 0 Å². The van der Waals surface area contributed by atoms with Crippen molar-refractivity contribution in [3.8, 4) is 0 Å². The van der Waals surface area contributed by atoms with Gasteiger partial charge in [0.25, 0.3) is 0 Å². The zero-order valence-electron chi connectivity index (χ0n) is 15.8. The molecular weight excluding hydrogens is 322 g/mol. The van der Waals surface area contributed by atoms with E-state index in [1.807, 2.05) is 6.08 Å². The Kier molecular flexibility index (Phi) is 23.8. The second kappa shape index (κ2) is 21.6. The number of carboxylic acid groups (broad SMARTS) is 1. The van der Waals surface area contributed by atoms with Crippen LogP contribution in [0.2, 0.25) is 0 Å². The van der Waals surface area contributed by atoms with Crippen LogP contribution in [0.3, 0.4) is 0 Å². The normalized spacial score (nSPS) is 9.48. The summed E-state index contributed by atoms with van der Waals surface area (Å²) in [5.74, 6) is -1.59. The molecule has 0 aromatic carbocycles. The number of unbranched alkanes of at least 4 members (excludes halogenated alkanes) is 3. The Hall–Kier alpha value is -2.37. The number of rotatable bonds is 10. The highest BCUT2D eigenvalue weighted by molar-refractivity contribution is 5.91. The van der Waals surface area contributed by atoms with Crippen LogP contribution >= 0.6 is 0 Å². The van der Waals surface area contributed by atoms with Crippen molar-refractivity contribution in [3.05, 3.63) is 37.0 Å². The van der Waals surface area contributed by atoms with Gasteiger partial charge in [-0.25, -0.2) is 9.59 Å². The molecule has 144 valence electrons. The minimum Gasteiger partial charge on any atom is -0.478 e. The molecule has 0 unspecified atom stereocenters. The Labute approximate surface area is 151 Å². The third kappa shape index (κ3) is 26.8. The standard InChI is InChI=1S/C11H21NO.C5H8O2.C3H4O2/c1-3-5-7-9-10(11(12)13)8-6-4-2;1-3-5(6)7-4-2;1-2-3(4)5/h9H,3-8H2,1-2H3,(H2,12,13);3H,1,4H2,2H3;2H,1H2,(H,4,5). The molecule has 0 aliphatic carbocycles. The van der Waals surface area contributed by atoms with Crippen molar-refractivity contribution in [1.82, 2.24) is 0 Å². The molecule has 0 aliphatic heterocycles. The zero-order valence-corrected chi connectivity index (χ0v) is 15.8. The van der Waals surface area contributed by atoms with Gasteiger partial charge in [-0.3, -0.25) is 4.79 Å². The number of allylic oxidation sites excluding steroid dienone is 1. The van der Waals surface area contributed by atoms with Gasteiger partial charge in [0.1, 0.15) is 0 Å². The van der Waals surface area contributed by atoms with Crippen LogP contribution < -0.4 is 5.73 Å². The molecule has 0 fully saturated rings. The number of carbonyl (C=O) groups is 3. The minimum absolute atomic E-state index is 0.246. The number of nitrogens with two attached hydrogens (primary N) is 1. The van der Waals surface area contributed by atoms with Crippen LogP contribution in [0, 0.1) is 0 Å². The molecule has 0 heterocycles. The van der Waals surface area contributed by atoms with E-state index in [1.54, 1.807) is 6.92 Å². The van der Waals surface area contributed by atoms with Crippen LogP contribution in [0.15, 0.2) is 37.0 Å². The van der Waals surface area contributed by atoms with Crippen LogP contribution in [0.1, 0.15) is 59.3 Å². The number of hydrogen-bond acceptors (Lipinski definition) is 4. The molecule has 0 aliphatic rings. The lowest BCUT2D eigenvalue weighted by Crippen LogP contribution is -2.13. The first-order valence-corrected chi connectivity index (χ1v) is 8.43. The number of esters is 1. The zero-order chi connectivity index (χ0) is 20.1. The Morgan fingerprint density at radius 1 is 1.04 bits per heavy atom. The summed E-state index contributed by atoms with van der Waals surface area (Å²) in [5, 5.41) is 7.60. The topological polar surface area (TPSA) is 107 Å². The minimum atomic E-state index is -0.981. The fourth-order valence-corrected chi connectivity index (χ4v) is 1.37. The maximum absolute atomic E-state index is 11.0. The summed E-state index contributed by atoms with van der Waals surface area (Å²) in [5.41, 5.74) is 6.07. The first kappa shape index (κ1) is 27.5. The second-order valence-electron chi connectivity index (χ2n) is 4.84. The van der Waals surface area contributed by atoms with Crippen molar-refractivity contribution < 1.29 is 24.2 Å². The Bertz CT molecular complexity index is 428. The maximum Gasteiger partial charge on any atom is 0.330 e. The summed E-state index contributed by atoms with van der Waals surface area (Å²) in [7, 11) is 0. The molecule has 0 saturated heterocycles. The molecule has 0 bridgehead atoms. The summed E-state index contributed by atoms with van der Waals surface area (Å²) < 4.78 is 4.43. The molecule has 6 heteroatoms. The summed E-state index contributed by atoms with van der Waals surface area (Å²) in [6.45, 7) is 12.6. The van der Waals surface area contributed by atoms with E-state index in [9.17, 15) is 14.4 Å². The van der Waals surface area contributed by atoms with Gasteiger partial charge in [-0.15, -0.1) is 0 Å². The molecule has 0 rings (SSSR count). The van der Waals surface area contributed by atoms with Gasteiger partial charge in [0.2, 0.25) is 5.91 Å². The lowest BCUT2D eigenvalue weighted by atomic mass is 10.1. The van der Waals surface area contributed by atoms with E-state index < -0.39 is 5.97 Å². The third-order valence-corrected chi connectivity index (χ3v) is 2.69. The van der Waals surface area contributed by atoms with E-state index in [0.717, 1.165) is 56.3 Å². The fourth-order valence-electron chi connectivity index (χ4n) is 1.37. The summed E-state index contributed by atoms with van der Waals surface area (Å²) >= 11 is 0. The molecule has 25 heavy (non-hydrogen) atoms. The Morgan fingerprint density at radius 2 is 1.56 bits per heavy atom. The van der Waals surface area contributed by atoms with Gasteiger partial charge in [0.15, 0.2) is 0 Å². The monoisotopic (exact) mass is 355 g/mol. The summed E-state index contributed by atoms with van der Waals surface area (Å²) in [6.07, 6.45) is 10.3. The number of aliphatic carboxylic acids is 1. The summed E-state index contributed by atoms with van der Waals surface area (Å²) in [4.78, 5) is 30.3. The molecule has 1 amide bonds. The first-order valence-electron chi connectivity index (χ1n) is 8.43. The average molecular weight is 355 g/mol. The predicted octanol–water partition coefficient (Wildman–Crippen LogP) is 3.77. The number of carbonyl (C=O) groups excluding carboxylic acids is 2. The van der Waals surface area contributed by atoms with Crippen molar-refractivity contribution >= 4 is 17.8 Å². The molecule has 0 saturated carbocycles. The van der Waals surface area contributed by atoms with E-state index in [4.69, 9.17) is 10.8 Å². The van der Waals surface area contributed by atoms with Crippen LogP contribution in [0.25, 0.3) is 0 Å². The SMILES string of the molecule is C=CC(=O)O.C=CC(=O)OCC.CCCCC=C(CCCC)C(N)=O. The van der Waals surface area contributed by atoms with Crippen molar-refractivity contribution in [2.45, 2.75) is 59.3 Å². The molecule has 0 aromatic rings. The highest BCUT2D eigenvalue weighted by Crippen LogP contribution is 2.09. The highest BCUT2D eigenvalue weighted by atomic mass is 16.5. The number of ether oxygens (including phenoxy) is 1. The number of carboxylic acids is 1. The maximum atomic E-state index is 11.0. The third-order valence-electron chi connectivity index (χ3n) is 2.69. The lowest BCUT2D eigenvalue weighted by molar-refractivity contribution is -0.137. The Morgan fingerprint density at radius 3 is 1.84 bits per heavy atom. The molecule has 0 atom stereocenters. The van der Waals surface area contributed by atoms with E-state index >= 15 is 0 Å². The van der Waals surface area contributed by atoms with Gasteiger partial charge in [-0.1, -0.05) is 52.3 Å². The quantitative estimate of drug-likeness (QED) is 0.352. The molecule has 0 aromatic heterocycles. The second-order valence-corrected chi connectivity index (χ2v) is 4.84. The van der Waals surface area contributed by atoms with Crippen LogP contribution in [0.4, 0.5) is 0 Å². The Balaban J connectivity index is -0.000000337. The van der Waals surface area contributed by atoms with Gasteiger partial charge in [0, 0.05) is 17.7 Å². The van der Waals surface area contributed by atoms with Gasteiger partial charge in [0.05, 0.1) is 6.61 Å². The lowest BCUT2D eigenvalue weighted by Gasteiger charge is -2.01. The average Bonchev–Trinajstić information content (AvgIpc) is 2.58. The van der Waals surface area contributed by atoms with Crippen LogP contribution in [-0.4, -0.2) is 29.6 Å². The largest absolute Gasteiger partial charge is 0.478 e. The van der Waals surface area contributed by atoms with Gasteiger partial charge in [-0.05, 0) is 26.2 Å². The van der Waals surface area contributed by atoms with Gasteiger partial charge in [-0.2, -0.15) is 0 Å². The first-order chi connectivity index (χ1) is 11.8. The predicted molar refractivity (Wildman–Crippen MR) is 101 cm³/mol. The van der Waals surface area contributed by atoms with E-state index in [-0.39, 0.29) is 11.9 Å². The van der Waals surface area contributed by atoms with E-state index in [2.05, 4.69) is 31.7 Å². The molecule has 3 N–H and O–H groups in total. The highest BCUT2D eigenvalue weighted by Gasteiger charge is 2.02. The fraction of sp³-hybridized carbons (Fsp3) is 0.526. The molecular formula is C19H33NO5. The van der Waals surface area contributed by atoms with Gasteiger partial charge >= 0.3 is 11.9 Å². The van der Waals surface area contributed by atoms with E-state index in [0.29, 0.717) is 6.61 Å². The smallest absolute Gasteiger partial charge is 0.330 e. The molecule has 0 spiro atoms. The van der Waals surface area contributed by atoms with Crippen molar-refractivity contribution in [3.63, 3.8) is 0 Å². The van der Waals surface area contributed by atoms with Crippen molar-refractivity contribution in [1.29, 1.82) is 0 Å². The van der Waals surface area contributed by atoms with Gasteiger partial charge < -0.3 is 15.6 Å². The van der Waals surface area contributed by atoms with Crippen LogP contribution in [-0.2, 0) is 19.1 Å². The molecule has 6 nitrogen and oxygen atoms in total. The summed E-state index contributed by atoms with van der Waals surface area (Å²) in [6, 6.07) is 0. The van der Waals surface area contributed by atoms with Crippen molar-refractivity contribution in [2.75, 3.05) is 6.61 Å². The van der Waals surface area contributed by atoms with Crippen molar-refractivity contribution in [2.24, 2.45) is 5.73 Å². The number of primary amides is 1.